The smallest absolute Gasteiger partial charge is 0.255 e. The monoisotopic (exact) mass is 295 g/mol. The molecule has 0 bridgehead atoms. The molecule has 110 valence electrons. The lowest BCUT2D eigenvalue weighted by molar-refractivity contribution is 0.0743. The van der Waals surface area contributed by atoms with Crippen LogP contribution in [-0.4, -0.2) is 34.9 Å². The van der Waals surface area contributed by atoms with Crippen molar-refractivity contribution in [2.45, 2.75) is 39.7 Å². The summed E-state index contributed by atoms with van der Waals surface area (Å²) >= 11 is 6.19. The SMILES string of the molecule is CCCNc1ncc(C(=O)N2CC(C)CC2C)cc1Cl. The number of likely N-dealkylation sites (tertiary alicyclic amines) is 1. The standard InChI is InChI=1S/C15H22ClN3O/c1-4-5-17-14-13(16)7-12(8-18-14)15(20)19-9-10(2)6-11(19)3/h7-8,10-11H,4-6,9H2,1-3H3,(H,17,18). The summed E-state index contributed by atoms with van der Waals surface area (Å²) in [4.78, 5) is 18.7. The highest BCUT2D eigenvalue weighted by atomic mass is 35.5. The molecule has 1 aromatic heterocycles. The molecule has 1 saturated heterocycles. The van der Waals surface area contributed by atoms with Gasteiger partial charge >= 0.3 is 0 Å². The van der Waals surface area contributed by atoms with E-state index in [2.05, 4.69) is 31.1 Å². The van der Waals surface area contributed by atoms with E-state index in [-0.39, 0.29) is 11.9 Å². The van der Waals surface area contributed by atoms with Crippen LogP contribution in [0.2, 0.25) is 5.02 Å². The third-order valence-electron chi connectivity index (χ3n) is 3.68. The van der Waals surface area contributed by atoms with Crippen molar-refractivity contribution in [2.75, 3.05) is 18.4 Å². The zero-order valence-corrected chi connectivity index (χ0v) is 13.1. The number of aromatic nitrogens is 1. The molecule has 1 aromatic rings. The van der Waals surface area contributed by atoms with Crippen LogP contribution in [0, 0.1) is 5.92 Å². The van der Waals surface area contributed by atoms with Crippen LogP contribution in [0.4, 0.5) is 5.82 Å². The van der Waals surface area contributed by atoms with E-state index < -0.39 is 0 Å². The number of hydrogen-bond acceptors (Lipinski definition) is 3. The number of nitrogens with zero attached hydrogens (tertiary/aromatic N) is 2. The van der Waals surface area contributed by atoms with Crippen molar-refractivity contribution in [3.63, 3.8) is 0 Å². The molecule has 0 saturated carbocycles. The lowest BCUT2D eigenvalue weighted by Crippen LogP contribution is -2.34. The summed E-state index contributed by atoms with van der Waals surface area (Å²) in [6, 6.07) is 2.00. The molecule has 1 aliphatic heterocycles. The van der Waals surface area contributed by atoms with Gasteiger partial charge in [-0.05, 0) is 31.7 Å². The van der Waals surface area contributed by atoms with Crippen LogP contribution in [0.25, 0.3) is 0 Å². The van der Waals surface area contributed by atoms with Crippen molar-refractivity contribution >= 4 is 23.3 Å². The van der Waals surface area contributed by atoms with Gasteiger partial charge in [0.2, 0.25) is 0 Å². The van der Waals surface area contributed by atoms with Crippen LogP contribution in [0.5, 0.6) is 0 Å². The number of amides is 1. The Labute approximate surface area is 125 Å². The van der Waals surface area contributed by atoms with E-state index in [0.717, 1.165) is 25.9 Å². The van der Waals surface area contributed by atoms with Crippen LogP contribution in [-0.2, 0) is 0 Å². The summed E-state index contributed by atoms with van der Waals surface area (Å²) in [7, 11) is 0. The van der Waals surface area contributed by atoms with Crippen molar-refractivity contribution < 1.29 is 4.79 Å². The van der Waals surface area contributed by atoms with E-state index in [0.29, 0.717) is 22.3 Å². The van der Waals surface area contributed by atoms with E-state index >= 15 is 0 Å². The molecular weight excluding hydrogens is 274 g/mol. The first-order chi connectivity index (χ1) is 9.52. The second-order valence-corrected chi connectivity index (χ2v) is 6.04. The quantitative estimate of drug-likeness (QED) is 0.925. The number of nitrogens with one attached hydrogen (secondary N) is 1. The first-order valence-electron chi connectivity index (χ1n) is 7.23. The van der Waals surface area contributed by atoms with Gasteiger partial charge in [0.15, 0.2) is 0 Å². The molecule has 0 spiro atoms. The second-order valence-electron chi connectivity index (χ2n) is 5.63. The lowest BCUT2D eigenvalue weighted by Gasteiger charge is -2.21. The molecule has 0 aromatic carbocycles. The van der Waals surface area contributed by atoms with Crippen LogP contribution < -0.4 is 5.32 Å². The van der Waals surface area contributed by atoms with Gasteiger partial charge in [-0.1, -0.05) is 25.4 Å². The van der Waals surface area contributed by atoms with Crippen LogP contribution in [0.3, 0.4) is 0 Å². The van der Waals surface area contributed by atoms with E-state index in [4.69, 9.17) is 11.6 Å². The number of halogens is 1. The summed E-state index contributed by atoms with van der Waals surface area (Å²) in [6.45, 7) is 7.98. The van der Waals surface area contributed by atoms with Crippen LogP contribution >= 0.6 is 11.6 Å². The fourth-order valence-corrected chi connectivity index (χ4v) is 2.91. The minimum absolute atomic E-state index is 0.0262. The number of pyridine rings is 1. The van der Waals surface area contributed by atoms with Gasteiger partial charge in [-0.3, -0.25) is 4.79 Å². The Kier molecular flexibility index (Phi) is 4.86. The van der Waals surface area contributed by atoms with Gasteiger partial charge in [0.05, 0.1) is 10.6 Å². The Morgan fingerprint density at radius 1 is 1.55 bits per heavy atom. The third-order valence-corrected chi connectivity index (χ3v) is 3.96. The zero-order chi connectivity index (χ0) is 14.7. The van der Waals surface area contributed by atoms with Crippen molar-refractivity contribution in [1.29, 1.82) is 0 Å². The molecule has 4 nitrogen and oxygen atoms in total. The molecular formula is C15H22ClN3O. The number of anilines is 1. The Hall–Kier alpha value is -1.29. The Morgan fingerprint density at radius 2 is 2.30 bits per heavy atom. The predicted octanol–water partition coefficient (Wildman–Crippen LogP) is 3.43. The first kappa shape index (κ1) is 15.1. The van der Waals surface area contributed by atoms with Gasteiger partial charge in [0, 0.05) is 25.3 Å². The second kappa shape index (κ2) is 6.44. The molecule has 2 atom stereocenters. The highest BCUT2D eigenvalue weighted by Crippen LogP contribution is 2.26. The fourth-order valence-electron chi connectivity index (χ4n) is 2.68. The maximum absolute atomic E-state index is 12.5. The van der Waals surface area contributed by atoms with Crippen molar-refractivity contribution in [1.82, 2.24) is 9.88 Å². The molecule has 2 heterocycles. The van der Waals surface area contributed by atoms with Crippen molar-refractivity contribution in [3.8, 4) is 0 Å². The molecule has 1 N–H and O–H groups in total. The Bertz CT molecular complexity index is 492. The number of rotatable bonds is 4. The molecule has 1 fully saturated rings. The van der Waals surface area contributed by atoms with E-state index in [1.54, 1.807) is 12.3 Å². The summed E-state index contributed by atoms with van der Waals surface area (Å²) < 4.78 is 0. The molecule has 1 amide bonds. The summed E-state index contributed by atoms with van der Waals surface area (Å²) in [6.07, 6.45) is 3.67. The zero-order valence-electron chi connectivity index (χ0n) is 12.3. The van der Waals surface area contributed by atoms with Crippen LogP contribution in [0.1, 0.15) is 44.0 Å². The molecule has 2 rings (SSSR count). The number of hydrogen-bond donors (Lipinski definition) is 1. The summed E-state index contributed by atoms with van der Waals surface area (Å²) in [5, 5.41) is 3.65. The normalized spacial score (nSPS) is 22.1. The van der Waals surface area contributed by atoms with Gasteiger partial charge in [-0.25, -0.2) is 4.98 Å². The minimum atomic E-state index is 0.0262. The molecule has 2 unspecified atom stereocenters. The maximum Gasteiger partial charge on any atom is 0.255 e. The number of carbonyl (C=O) groups excluding carboxylic acids is 1. The highest BCUT2D eigenvalue weighted by molar-refractivity contribution is 6.33. The molecule has 0 radical (unpaired) electrons. The largest absolute Gasteiger partial charge is 0.369 e. The molecule has 20 heavy (non-hydrogen) atoms. The van der Waals surface area contributed by atoms with Crippen LogP contribution in [0.15, 0.2) is 12.3 Å². The van der Waals surface area contributed by atoms with Gasteiger partial charge in [-0.2, -0.15) is 0 Å². The predicted molar refractivity (Wildman–Crippen MR) is 82.3 cm³/mol. The summed E-state index contributed by atoms with van der Waals surface area (Å²) in [5.74, 6) is 1.23. The van der Waals surface area contributed by atoms with E-state index in [1.807, 2.05) is 4.90 Å². The molecule has 0 aliphatic carbocycles. The maximum atomic E-state index is 12.5. The Morgan fingerprint density at radius 3 is 2.85 bits per heavy atom. The third kappa shape index (κ3) is 3.23. The molecule has 1 aliphatic rings. The minimum Gasteiger partial charge on any atom is -0.369 e. The topological polar surface area (TPSA) is 45.2 Å². The van der Waals surface area contributed by atoms with E-state index in [1.165, 1.54) is 0 Å². The van der Waals surface area contributed by atoms with Gasteiger partial charge < -0.3 is 10.2 Å². The average Bonchev–Trinajstić information content (AvgIpc) is 2.75. The fraction of sp³-hybridized carbons (Fsp3) is 0.600. The average molecular weight is 296 g/mol. The first-order valence-corrected chi connectivity index (χ1v) is 7.61. The number of carbonyl (C=O) groups is 1. The van der Waals surface area contributed by atoms with Gasteiger partial charge in [0.25, 0.3) is 5.91 Å². The lowest BCUT2D eigenvalue weighted by atomic mass is 10.1. The van der Waals surface area contributed by atoms with Crippen molar-refractivity contribution in [3.05, 3.63) is 22.8 Å². The Balaban J connectivity index is 2.13. The van der Waals surface area contributed by atoms with Crippen molar-refractivity contribution in [2.24, 2.45) is 5.92 Å². The van der Waals surface area contributed by atoms with Gasteiger partial charge in [0.1, 0.15) is 5.82 Å². The highest BCUT2D eigenvalue weighted by Gasteiger charge is 2.30. The summed E-state index contributed by atoms with van der Waals surface area (Å²) in [5.41, 5.74) is 0.568. The van der Waals surface area contributed by atoms with E-state index in [9.17, 15) is 4.79 Å². The molecule has 5 heteroatoms. The van der Waals surface area contributed by atoms with Gasteiger partial charge in [-0.15, -0.1) is 0 Å².